The molecule has 0 aliphatic carbocycles. The highest BCUT2D eigenvalue weighted by molar-refractivity contribution is 5.75. The third-order valence-electron chi connectivity index (χ3n) is 2.11. The molecule has 0 heterocycles. The van der Waals surface area contributed by atoms with E-state index >= 15 is 0 Å². The summed E-state index contributed by atoms with van der Waals surface area (Å²) in [5, 5.41) is 0. The van der Waals surface area contributed by atoms with Gasteiger partial charge in [-0.05, 0) is 37.6 Å². The van der Waals surface area contributed by atoms with Gasteiger partial charge in [0.1, 0.15) is 0 Å². The standard InChI is InChI=1S/C12H18N2O3/c1-2-16-11-7-9(5-6-13)3-4-10(11)17-8-12(14)15/h3-4,7H,2,5-6,8,13H2,1H3,(H2,14,15). The van der Waals surface area contributed by atoms with Crippen molar-refractivity contribution in [3.05, 3.63) is 23.8 Å². The molecule has 0 atom stereocenters. The lowest BCUT2D eigenvalue weighted by atomic mass is 10.1. The van der Waals surface area contributed by atoms with Crippen molar-refractivity contribution in [1.82, 2.24) is 0 Å². The highest BCUT2D eigenvalue weighted by Gasteiger charge is 2.07. The minimum atomic E-state index is -0.515. The molecule has 0 saturated carbocycles. The summed E-state index contributed by atoms with van der Waals surface area (Å²) in [6.45, 7) is 2.83. The van der Waals surface area contributed by atoms with Gasteiger partial charge in [-0.15, -0.1) is 0 Å². The molecule has 4 N–H and O–H groups in total. The monoisotopic (exact) mass is 238 g/mol. The van der Waals surface area contributed by atoms with Gasteiger partial charge in [-0.3, -0.25) is 4.79 Å². The van der Waals surface area contributed by atoms with E-state index < -0.39 is 5.91 Å². The Bertz CT molecular complexity index is 380. The van der Waals surface area contributed by atoms with Crippen LogP contribution in [0.5, 0.6) is 11.5 Å². The predicted octanol–water partition coefficient (Wildman–Crippen LogP) is 0.451. The molecule has 0 aromatic heterocycles. The van der Waals surface area contributed by atoms with Crippen molar-refractivity contribution in [3.63, 3.8) is 0 Å². The van der Waals surface area contributed by atoms with Gasteiger partial charge in [0.05, 0.1) is 6.61 Å². The predicted molar refractivity (Wildman–Crippen MR) is 65.1 cm³/mol. The van der Waals surface area contributed by atoms with Gasteiger partial charge in [-0.25, -0.2) is 0 Å². The molecule has 0 aliphatic rings. The Balaban J connectivity index is 2.83. The lowest BCUT2D eigenvalue weighted by Crippen LogP contribution is -2.20. The Morgan fingerprint density at radius 3 is 2.65 bits per heavy atom. The molecule has 0 unspecified atom stereocenters. The largest absolute Gasteiger partial charge is 0.490 e. The Morgan fingerprint density at radius 1 is 1.29 bits per heavy atom. The first kappa shape index (κ1) is 13.3. The number of primary amides is 1. The Kier molecular flexibility index (Phi) is 5.29. The Labute approximate surface area is 101 Å². The summed E-state index contributed by atoms with van der Waals surface area (Å²) < 4.78 is 10.7. The van der Waals surface area contributed by atoms with E-state index in [1.54, 1.807) is 6.07 Å². The van der Waals surface area contributed by atoms with Crippen molar-refractivity contribution < 1.29 is 14.3 Å². The van der Waals surface area contributed by atoms with Crippen LogP contribution in [0, 0.1) is 0 Å². The maximum Gasteiger partial charge on any atom is 0.255 e. The van der Waals surface area contributed by atoms with Gasteiger partial charge in [-0.1, -0.05) is 6.07 Å². The van der Waals surface area contributed by atoms with Crippen LogP contribution in [-0.4, -0.2) is 25.7 Å². The average molecular weight is 238 g/mol. The minimum absolute atomic E-state index is 0.156. The lowest BCUT2D eigenvalue weighted by molar-refractivity contribution is -0.119. The van der Waals surface area contributed by atoms with E-state index in [0.29, 0.717) is 24.7 Å². The molecule has 17 heavy (non-hydrogen) atoms. The zero-order chi connectivity index (χ0) is 12.7. The Hall–Kier alpha value is -1.75. The molecular weight excluding hydrogens is 220 g/mol. The molecule has 1 amide bonds. The topological polar surface area (TPSA) is 87.6 Å². The van der Waals surface area contributed by atoms with E-state index in [-0.39, 0.29) is 6.61 Å². The fourth-order valence-electron chi connectivity index (χ4n) is 1.41. The van der Waals surface area contributed by atoms with Crippen molar-refractivity contribution >= 4 is 5.91 Å². The van der Waals surface area contributed by atoms with Gasteiger partial charge in [0.2, 0.25) is 0 Å². The van der Waals surface area contributed by atoms with Crippen LogP contribution in [-0.2, 0) is 11.2 Å². The molecule has 0 saturated heterocycles. The third-order valence-corrected chi connectivity index (χ3v) is 2.11. The molecule has 1 aromatic carbocycles. The molecule has 0 bridgehead atoms. The number of rotatable bonds is 7. The van der Waals surface area contributed by atoms with Crippen LogP contribution >= 0.6 is 0 Å². The van der Waals surface area contributed by atoms with Gasteiger partial charge in [0, 0.05) is 0 Å². The summed E-state index contributed by atoms with van der Waals surface area (Å²) in [4.78, 5) is 10.7. The summed E-state index contributed by atoms with van der Waals surface area (Å²) in [6, 6.07) is 5.53. The number of ether oxygens (including phenoxy) is 2. The fraction of sp³-hybridized carbons (Fsp3) is 0.417. The quantitative estimate of drug-likeness (QED) is 0.722. The second-order valence-corrected chi connectivity index (χ2v) is 3.51. The van der Waals surface area contributed by atoms with Crippen molar-refractivity contribution in [2.24, 2.45) is 11.5 Å². The number of amides is 1. The zero-order valence-electron chi connectivity index (χ0n) is 9.94. The van der Waals surface area contributed by atoms with Gasteiger partial charge in [0.15, 0.2) is 18.1 Å². The van der Waals surface area contributed by atoms with Crippen LogP contribution in [0.3, 0.4) is 0 Å². The maximum atomic E-state index is 10.7. The molecule has 0 radical (unpaired) electrons. The van der Waals surface area contributed by atoms with E-state index in [0.717, 1.165) is 12.0 Å². The maximum absolute atomic E-state index is 10.7. The summed E-state index contributed by atoms with van der Waals surface area (Å²) in [5.74, 6) is 0.615. The highest BCUT2D eigenvalue weighted by Crippen LogP contribution is 2.28. The lowest BCUT2D eigenvalue weighted by Gasteiger charge is -2.12. The van der Waals surface area contributed by atoms with Crippen molar-refractivity contribution in [3.8, 4) is 11.5 Å². The Morgan fingerprint density at radius 2 is 2.06 bits per heavy atom. The minimum Gasteiger partial charge on any atom is -0.490 e. The van der Waals surface area contributed by atoms with E-state index in [1.807, 2.05) is 19.1 Å². The highest BCUT2D eigenvalue weighted by atomic mass is 16.5. The van der Waals surface area contributed by atoms with Crippen LogP contribution in [0.4, 0.5) is 0 Å². The first-order chi connectivity index (χ1) is 8.17. The van der Waals surface area contributed by atoms with Crippen LogP contribution in [0.1, 0.15) is 12.5 Å². The number of carbonyl (C=O) groups is 1. The van der Waals surface area contributed by atoms with E-state index in [1.165, 1.54) is 0 Å². The van der Waals surface area contributed by atoms with E-state index in [9.17, 15) is 4.79 Å². The molecule has 0 spiro atoms. The van der Waals surface area contributed by atoms with Gasteiger partial charge in [0.25, 0.3) is 5.91 Å². The molecule has 5 nitrogen and oxygen atoms in total. The van der Waals surface area contributed by atoms with Gasteiger partial charge >= 0.3 is 0 Å². The normalized spacial score (nSPS) is 10.0. The zero-order valence-corrected chi connectivity index (χ0v) is 9.94. The van der Waals surface area contributed by atoms with Crippen molar-refractivity contribution in [1.29, 1.82) is 0 Å². The number of hydrogen-bond acceptors (Lipinski definition) is 4. The molecule has 5 heteroatoms. The second-order valence-electron chi connectivity index (χ2n) is 3.51. The van der Waals surface area contributed by atoms with Crippen LogP contribution < -0.4 is 20.9 Å². The molecular formula is C12H18N2O3. The smallest absolute Gasteiger partial charge is 0.255 e. The number of nitrogens with two attached hydrogens (primary N) is 2. The van der Waals surface area contributed by atoms with Crippen LogP contribution in [0.15, 0.2) is 18.2 Å². The number of hydrogen-bond donors (Lipinski definition) is 2. The second kappa shape index (κ2) is 6.75. The summed E-state index contributed by atoms with van der Waals surface area (Å²) in [6.07, 6.45) is 0.774. The first-order valence-electron chi connectivity index (χ1n) is 5.54. The van der Waals surface area contributed by atoms with E-state index in [4.69, 9.17) is 20.9 Å². The first-order valence-corrected chi connectivity index (χ1v) is 5.54. The number of benzene rings is 1. The SMILES string of the molecule is CCOc1cc(CCN)ccc1OCC(N)=O. The molecule has 1 rings (SSSR count). The molecule has 94 valence electrons. The van der Waals surface area contributed by atoms with Crippen LogP contribution in [0.25, 0.3) is 0 Å². The van der Waals surface area contributed by atoms with Crippen molar-refractivity contribution in [2.45, 2.75) is 13.3 Å². The summed E-state index contributed by atoms with van der Waals surface area (Å²) >= 11 is 0. The molecule has 0 fully saturated rings. The van der Waals surface area contributed by atoms with E-state index in [2.05, 4.69) is 0 Å². The molecule has 0 aliphatic heterocycles. The third kappa shape index (κ3) is 4.32. The van der Waals surface area contributed by atoms with Gasteiger partial charge in [-0.2, -0.15) is 0 Å². The fourth-order valence-corrected chi connectivity index (χ4v) is 1.41. The summed E-state index contributed by atoms with van der Waals surface area (Å²) in [5.41, 5.74) is 11.6. The van der Waals surface area contributed by atoms with Crippen molar-refractivity contribution in [2.75, 3.05) is 19.8 Å². The molecule has 1 aromatic rings. The average Bonchev–Trinajstić information content (AvgIpc) is 2.28. The summed E-state index contributed by atoms with van der Waals surface area (Å²) in [7, 11) is 0. The number of carbonyl (C=O) groups excluding carboxylic acids is 1. The van der Waals surface area contributed by atoms with Gasteiger partial charge < -0.3 is 20.9 Å². The van der Waals surface area contributed by atoms with Crippen LogP contribution in [0.2, 0.25) is 0 Å².